The molecule has 0 N–H and O–H groups in total. The van der Waals surface area contributed by atoms with Crippen molar-refractivity contribution in [3.8, 4) is 11.1 Å². The minimum Gasteiger partial charge on any atom is -0.204 e. The first-order valence-corrected chi connectivity index (χ1v) is 5.77. The first kappa shape index (κ1) is 12.7. The van der Waals surface area contributed by atoms with E-state index in [1.54, 1.807) is 6.07 Å². The number of halogens is 3. The molecule has 2 rings (SSSR count). The molecule has 0 spiro atoms. The molecule has 0 aromatic heterocycles. The average molecular weight is 250 g/mol. The van der Waals surface area contributed by atoms with Gasteiger partial charge in [0.1, 0.15) is 0 Å². The van der Waals surface area contributed by atoms with E-state index < -0.39 is 17.5 Å². The molecule has 94 valence electrons. The van der Waals surface area contributed by atoms with Gasteiger partial charge in [0.25, 0.3) is 0 Å². The first-order chi connectivity index (χ1) is 8.52. The Hall–Kier alpha value is -1.77. The van der Waals surface area contributed by atoms with E-state index in [1.165, 1.54) is 5.56 Å². The molecule has 0 heterocycles. The molecule has 0 saturated carbocycles. The molecular weight excluding hydrogens is 237 g/mol. The summed E-state index contributed by atoms with van der Waals surface area (Å²) in [5.74, 6) is -3.76. The summed E-state index contributed by atoms with van der Waals surface area (Å²) < 4.78 is 39.2. The van der Waals surface area contributed by atoms with Crippen molar-refractivity contribution in [3.05, 3.63) is 58.9 Å². The zero-order valence-corrected chi connectivity index (χ0v) is 10.2. The Morgan fingerprint density at radius 3 is 2.00 bits per heavy atom. The van der Waals surface area contributed by atoms with Crippen molar-refractivity contribution < 1.29 is 13.2 Å². The van der Waals surface area contributed by atoms with E-state index in [4.69, 9.17) is 0 Å². The molecule has 0 amide bonds. The van der Waals surface area contributed by atoms with Crippen LogP contribution < -0.4 is 0 Å². The Morgan fingerprint density at radius 2 is 1.50 bits per heavy atom. The molecule has 3 heteroatoms. The van der Waals surface area contributed by atoms with Gasteiger partial charge in [-0.2, -0.15) is 0 Å². The maximum Gasteiger partial charge on any atom is 0.194 e. The summed E-state index contributed by atoms with van der Waals surface area (Å²) in [5.41, 5.74) is 3.27. The molecule has 0 aliphatic rings. The van der Waals surface area contributed by atoms with E-state index in [0.29, 0.717) is 11.1 Å². The lowest BCUT2D eigenvalue weighted by Crippen LogP contribution is -1.93. The van der Waals surface area contributed by atoms with E-state index in [9.17, 15) is 13.2 Å². The van der Waals surface area contributed by atoms with Gasteiger partial charge >= 0.3 is 0 Å². The Morgan fingerprint density at radius 1 is 0.889 bits per heavy atom. The molecule has 0 bridgehead atoms. The van der Waals surface area contributed by atoms with Gasteiger partial charge in [-0.05, 0) is 47.7 Å². The van der Waals surface area contributed by atoms with Crippen molar-refractivity contribution in [2.24, 2.45) is 0 Å². The lowest BCUT2D eigenvalue weighted by molar-refractivity contribution is 0.447. The quantitative estimate of drug-likeness (QED) is 0.681. The topological polar surface area (TPSA) is 0 Å². The highest BCUT2D eigenvalue weighted by Crippen LogP contribution is 2.25. The SMILES string of the molecule is CCc1ccc(-c2cc(F)c(F)c(F)c2)cc1C. The highest BCUT2D eigenvalue weighted by Gasteiger charge is 2.11. The van der Waals surface area contributed by atoms with E-state index >= 15 is 0 Å². The number of benzene rings is 2. The summed E-state index contributed by atoms with van der Waals surface area (Å²) in [4.78, 5) is 0. The fourth-order valence-corrected chi connectivity index (χ4v) is 1.99. The Kier molecular flexibility index (Phi) is 3.41. The van der Waals surface area contributed by atoms with Crippen molar-refractivity contribution in [1.29, 1.82) is 0 Å². The van der Waals surface area contributed by atoms with Crippen molar-refractivity contribution in [2.45, 2.75) is 20.3 Å². The van der Waals surface area contributed by atoms with Gasteiger partial charge in [0.15, 0.2) is 17.5 Å². The van der Waals surface area contributed by atoms with E-state index in [1.807, 2.05) is 26.0 Å². The third-order valence-electron chi connectivity index (χ3n) is 3.04. The van der Waals surface area contributed by atoms with Crippen molar-refractivity contribution in [2.75, 3.05) is 0 Å². The number of rotatable bonds is 2. The molecule has 0 nitrogen and oxygen atoms in total. The van der Waals surface area contributed by atoms with Gasteiger partial charge in [-0.25, -0.2) is 13.2 Å². The molecule has 0 aliphatic heterocycles. The van der Waals surface area contributed by atoms with Crippen LogP contribution in [0.1, 0.15) is 18.1 Å². The van der Waals surface area contributed by atoms with Gasteiger partial charge in [0.05, 0.1) is 0 Å². The number of hydrogen-bond donors (Lipinski definition) is 0. The van der Waals surface area contributed by atoms with Gasteiger partial charge < -0.3 is 0 Å². The van der Waals surface area contributed by atoms with Gasteiger partial charge in [-0.1, -0.05) is 25.1 Å². The number of aryl methyl sites for hydroxylation is 2. The molecule has 0 radical (unpaired) electrons. The molecule has 18 heavy (non-hydrogen) atoms. The molecule has 2 aromatic carbocycles. The largest absolute Gasteiger partial charge is 0.204 e. The highest BCUT2D eigenvalue weighted by atomic mass is 19.2. The second-order valence-corrected chi connectivity index (χ2v) is 4.25. The predicted octanol–water partition coefficient (Wildman–Crippen LogP) is 4.64. The fraction of sp³-hybridized carbons (Fsp3) is 0.200. The minimum absolute atomic E-state index is 0.345. The summed E-state index contributed by atoms with van der Waals surface area (Å²) >= 11 is 0. The van der Waals surface area contributed by atoms with Gasteiger partial charge in [0.2, 0.25) is 0 Å². The van der Waals surface area contributed by atoms with Gasteiger partial charge in [-0.3, -0.25) is 0 Å². The maximum absolute atomic E-state index is 13.2. The van der Waals surface area contributed by atoms with Crippen LogP contribution in [-0.4, -0.2) is 0 Å². The monoisotopic (exact) mass is 250 g/mol. The summed E-state index contributed by atoms with van der Waals surface area (Å²) in [6, 6.07) is 7.59. The smallest absolute Gasteiger partial charge is 0.194 e. The Balaban J connectivity index is 2.52. The lowest BCUT2D eigenvalue weighted by atomic mass is 9.98. The number of hydrogen-bond acceptors (Lipinski definition) is 0. The highest BCUT2D eigenvalue weighted by molar-refractivity contribution is 5.65. The summed E-state index contributed by atoms with van der Waals surface area (Å²) in [6.45, 7) is 3.98. The van der Waals surface area contributed by atoms with Crippen LogP contribution in [0.5, 0.6) is 0 Å². The van der Waals surface area contributed by atoms with E-state index in [2.05, 4.69) is 0 Å². The van der Waals surface area contributed by atoms with Crippen LogP contribution in [0.25, 0.3) is 11.1 Å². The molecule has 0 unspecified atom stereocenters. The minimum atomic E-state index is -1.43. The molecule has 2 aromatic rings. The van der Waals surface area contributed by atoms with Crippen LogP contribution in [0.15, 0.2) is 30.3 Å². The average Bonchev–Trinajstić information content (AvgIpc) is 2.35. The Labute approximate surface area is 104 Å². The molecule has 0 aliphatic carbocycles. The second-order valence-electron chi connectivity index (χ2n) is 4.25. The van der Waals surface area contributed by atoms with Crippen molar-refractivity contribution >= 4 is 0 Å². The van der Waals surface area contributed by atoms with Crippen molar-refractivity contribution in [3.63, 3.8) is 0 Å². The normalized spacial score (nSPS) is 10.7. The fourth-order valence-electron chi connectivity index (χ4n) is 1.99. The first-order valence-electron chi connectivity index (χ1n) is 5.77. The van der Waals surface area contributed by atoms with Crippen LogP contribution in [0.2, 0.25) is 0 Å². The summed E-state index contributed by atoms with van der Waals surface area (Å²) in [5, 5.41) is 0. The maximum atomic E-state index is 13.2. The lowest BCUT2D eigenvalue weighted by Gasteiger charge is -2.08. The van der Waals surface area contributed by atoms with Gasteiger partial charge in [-0.15, -0.1) is 0 Å². The van der Waals surface area contributed by atoms with Crippen LogP contribution in [0, 0.1) is 24.4 Å². The summed E-state index contributed by atoms with van der Waals surface area (Å²) in [7, 11) is 0. The van der Waals surface area contributed by atoms with Crippen LogP contribution in [0.3, 0.4) is 0 Å². The van der Waals surface area contributed by atoms with Crippen LogP contribution in [-0.2, 0) is 6.42 Å². The third-order valence-corrected chi connectivity index (χ3v) is 3.04. The standard InChI is InChI=1S/C15H13F3/c1-3-10-4-5-11(6-9(10)2)12-7-13(16)15(18)14(17)8-12/h4-8H,3H2,1-2H3. The molecule has 0 atom stereocenters. The third kappa shape index (κ3) is 2.26. The second kappa shape index (κ2) is 4.84. The zero-order chi connectivity index (χ0) is 13.3. The Bertz CT molecular complexity index is 565. The van der Waals surface area contributed by atoms with Crippen LogP contribution >= 0.6 is 0 Å². The summed E-state index contributed by atoms with van der Waals surface area (Å²) in [6.07, 6.45) is 0.901. The van der Waals surface area contributed by atoms with Crippen LogP contribution in [0.4, 0.5) is 13.2 Å². The molecule has 0 saturated heterocycles. The van der Waals surface area contributed by atoms with E-state index in [0.717, 1.165) is 24.1 Å². The molecule has 0 fully saturated rings. The zero-order valence-electron chi connectivity index (χ0n) is 10.2. The van der Waals surface area contributed by atoms with E-state index in [-0.39, 0.29) is 0 Å². The predicted molar refractivity (Wildman–Crippen MR) is 65.9 cm³/mol. The van der Waals surface area contributed by atoms with Gasteiger partial charge in [0, 0.05) is 0 Å². The van der Waals surface area contributed by atoms with Crippen molar-refractivity contribution in [1.82, 2.24) is 0 Å². The molecular formula is C15H13F3.